The molecule has 0 radical (unpaired) electrons. The topological polar surface area (TPSA) is 42.2 Å². The van der Waals surface area contributed by atoms with Gasteiger partial charge in [-0.05, 0) is 56.1 Å². The van der Waals surface area contributed by atoms with Gasteiger partial charge in [0, 0.05) is 30.4 Å². The van der Waals surface area contributed by atoms with E-state index in [9.17, 15) is 0 Å². The minimum absolute atomic E-state index is 0.612. The highest BCUT2D eigenvalue weighted by Gasteiger charge is 2.31. The van der Waals surface area contributed by atoms with E-state index < -0.39 is 0 Å². The zero-order chi connectivity index (χ0) is 14.1. The van der Waals surface area contributed by atoms with Gasteiger partial charge in [-0.25, -0.2) is 4.98 Å². The zero-order valence-corrected chi connectivity index (χ0v) is 12.9. The monoisotopic (exact) mass is 273 g/mol. The lowest BCUT2D eigenvalue weighted by atomic mass is 10.1. The maximum Gasteiger partial charge on any atom is 0.133 e. The molecule has 2 N–H and O–H groups in total. The molecule has 0 bridgehead atoms. The van der Waals surface area contributed by atoms with Crippen molar-refractivity contribution in [2.24, 2.45) is 11.7 Å². The highest BCUT2D eigenvalue weighted by atomic mass is 15.2. The highest BCUT2D eigenvalue weighted by Crippen LogP contribution is 2.35. The van der Waals surface area contributed by atoms with E-state index in [1.165, 1.54) is 54.7 Å². The van der Waals surface area contributed by atoms with Gasteiger partial charge in [-0.3, -0.25) is 0 Å². The Kier molecular flexibility index (Phi) is 3.97. The van der Waals surface area contributed by atoms with Gasteiger partial charge in [-0.1, -0.05) is 13.8 Å². The van der Waals surface area contributed by atoms with Crippen LogP contribution in [-0.4, -0.2) is 17.6 Å². The van der Waals surface area contributed by atoms with Gasteiger partial charge in [0.1, 0.15) is 5.82 Å². The molecule has 110 valence electrons. The summed E-state index contributed by atoms with van der Waals surface area (Å²) in [7, 11) is 0. The fourth-order valence-corrected chi connectivity index (χ4v) is 3.15. The molecule has 0 aromatic carbocycles. The third-order valence-corrected chi connectivity index (χ3v) is 4.53. The maximum atomic E-state index is 5.99. The van der Waals surface area contributed by atoms with Crippen LogP contribution in [0.5, 0.6) is 0 Å². The van der Waals surface area contributed by atoms with Crippen LogP contribution in [0.25, 0.3) is 0 Å². The van der Waals surface area contributed by atoms with Gasteiger partial charge in [0.25, 0.3) is 0 Å². The van der Waals surface area contributed by atoms with Crippen LogP contribution in [-0.2, 0) is 19.4 Å². The Morgan fingerprint density at radius 3 is 2.80 bits per heavy atom. The molecule has 1 fully saturated rings. The number of aromatic nitrogens is 1. The molecule has 0 spiro atoms. The number of hydrogen-bond acceptors (Lipinski definition) is 3. The highest BCUT2D eigenvalue weighted by molar-refractivity contribution is 5.52. The van der Waals surface area contributed by atoms with E-state index in [1.54, 1.807) is 0 Å². The van der Waals surface area contributed by atoms with Crippen molar-refractivity contribution in [3.05, 3.63) is 22.9 Å². The summed E-state index contributed by atoms with van der Waals surface area (Å²) in [5.74, 6) is 1.93. The third-order valence-electron chi connectivity index (χ3n) is 4.53. The second-order valence-electron chi connectivity index (χ2n) is 6.74. The van der Waals surface area contributed by atoms with Crippen molar-refractivity contribution >= 4 is 5.82 Å². The number of nitrogens with two attached hydrogens (primary N) is 1. The average molecular weight is 273 g/mol. The quantitative estimate of drug-likeness (QED) is 0.866. The molecule has 2 aliphatic rings. The molecule has 0 aliphatic heterocycles. The van der Waals surface area contributed by atoms with E-state index in [4.69, 9.17) is 10.7 Å². The third kappa shape index (κ3) is 2.83. The smallest absolute Gasteiger partial charge is 0.133 e. The average Bonchev–Trinajstić information content (AvgIpc) is 3.16. The number of nitrogens with zero attached hydrogens (tertiary/aromatic N) is 2. The van der Waals surface area contributed by atoms with Crippen molar-refractivity contribution in [2.75, 3.05) is 11.4 Å². The number of pyridine rings is 1. The summed E-state index contributed by atoms with van der Waals surface area (Å²) in [6.07, 6.45) is 7.47. The number of fused-ring (bicyclic) bond motifs is 1. The maximum absolute atomic E-state index is 5.99. The fourth-order valence-electron chi connectivity index (χ4n) is 3.15. The second kappa shape index (κ2) is 5.72. The summed E-state index contributed by atoms with van der Waals surface area (Å²) in [6.45, 7) is 6.33. The van der Waals surface area contributed by atoms with Crippen LogP contribution in [0.1, 0.15) is 56.4 Å². The molecule has 0 amide bonds. The van der Waals surface area contributed by atoms with Crippen molar-refractivity contribution < 1.29 is 0 Å². The van der Waals surface area contributed by atoms with E-state index >= 15 is 0 Å². The first-order valence-corrected chi connectivity index (χ1v) is 8.17. The SMILES string of the molecule is CC(C)CCN(c1nc2c(cc1CN)CCC2)C1CC1. The van der Waals surface area contributed by atoms with Crippen LogP contribution in [0, 0.1) is 5.92 Å². The molecule has 2 aliphatic carbocycles. The number of hydrogen-bond donors (Lipinski definition) is 1. The Balaban J connectivity index is 1.89. The van der Waals surface area contributed by atoms with E-state index in [1.807, 2.05) is 0 Å². The predicted octanol–water partition coefficient (Wildman–Crippen LogP) is 3.04. The van der Waals surface area contributed by atoms with Crippen molar-refractivity contribution in [2.45, 2.75) is 65.0 Å². The molecule has 1 saturated carbocycles. The molecule has 1 heterocycles. The molecule has 0 atom stereocenters. The zero-order valence-electron chi connectivity index (χ0n) is 12.9. The summed E-state index contributed by atoms with van der Waals surface area (Å²) in [5, 5.41) is 0. The van der Waals surface area contributed by atoms with Crippen LogP contribution in [0.2, 0.25) is 0 Å². The Hall–Kier alpha value is -1.09. The number of anilines is 1. The summed E-state index contributed by atoms with van der Waals surface area (Å²) in [5.41, 5.74) is 10.0. The molecule has 1 aromatic rings. The summed E-state index contributed by atoms with van der Waals surface area (Å²) in [6, 6.07) is 3.04. The Morgan fingerprint density at radius 1 is 1.35 bits per heavy atom. The van der Waals surface area contributed by atoms with E-state index in [0.29, 0.717) is 12.6 Å². The Labute approximate surface area is 122 Å². The van der Waals surface area contributed by atoms with Crippen LogP contribution in [0.15, 0.2) is 6.07 Å². The van der Waals surface area contributed by atoms with Crippen molar-refractivity contribution in [3.63, 3.8) is 0 Å². The van der Waals surface area contributed by atoms with Gasteiger partial charge in [0.2, 0.25) is 0 Å². The normalized spacial score (nSPS) is 17.6. The first kappa shape index (κ1) is 13.9. The van der Waals surface area contributed by atoms with Crippen molar-refractivity contribution in [1.29, 1.82) is 0 Å². The van der Waals surface area contributed by atoms with Gasteiger partial charge in [0.05, 0.1) is 0 Å². The van der Waals surface area contributed by atoms with E-state index in [-0.39, 0.29) is 0 Å². The molecular formula is C17H27N3. The van der Waals surface area contributed by atoms with Gasteiger partial charge >= 0.3 is 0 Å². The molecule has 3 heteroatoms. The molecule has 1 aromatic heterocycles. The van der Waals surface area contributed by atoms with Gasteiger partial charge in [-0.15, -0.1) is 0 Å². The molecule has 0 saturated heterocycles. The van der Waals surface area contributed by atoms with Gasteiger partial charge in [-0.2, -0.15) is 0 Å². The lowest BCUT2D eigenvalue weighted by Crippen LogP contribution is -2.30. The van der Waals surface area contributed by atoms with E-state index in [0.717, 1.165) is 18.9 Å². The molecule has 20 heavy (non-hydrogen) atoms. The van der Waals surface area contributed by atoms with E-state index in [2.05, 4.69) is 24.8 Å². The predicted molar refractivity (Wildman–Crippen MR) is 84.0 cm³/mol. The summed E-state index contributed by atoms with van der Waals surface area (Å²) in [4.78, 5) is 7.55. The van der Waals surface area contributed by atoms with Gasteiger partial charge < -0.3 is 10.6 Å². The largest absolute Gasteiger partial charge is 0.353 e. The minimum Gasteiger partial charge on any atom is -0.353 e. The standard InChI is InChI=1S/C17H27N3/c1-12(2)8-9-20(15-6-7-15)17-14(11-18)10-13-4-3-5-16(13)19-17/h10,12,15H,3-9,11,18H2,1-2H3. The van der Waals surface area contributed by atoms with Crippen molar-refractivity contribution in [1.82, 2.24) is 4.98 Å². The van der Waals surface area contributed by atoms with Gasteiger partial charge in [0.15, 0.2) is 0 Å². The fraction of sp³-hybridized carbons (Fsp3) is 0.706. The molecule has 3 nitrogen and oxygen atoms in total. The van der Waals surface area contributed by atoms with Crippen LogP contribution in [0.4, 0.5) is 5.82 Å². The molecular weight excluding hydrogens is 246 g/mol. The van der Waals surface area contributed by atoms with Crippen LogP contribution in [0.3, 0.4) is 0 Å². The van der Waals surface area contributed by atoms with Crippen molar-refractivity contribution in [3.8, 4) is 0 Å². The summed E-state index contributed by atoms with van der Waals surface area (Å²) >= 11 is 0. The minimum atomic E-state index is 0.612. The second-order valence-corrected chi connectivity index (χ2v) is 6.74. The summed E-state index contributed by atoms with van der Waals surface area (Å²) < 4.78 is 0. The van der Waals surface area contributed by atoms with Crippen LogP contribution >= 0.6 is 0 Å². The Bertz CT molecular complexity index is 477. The van der Waals surface area contributed by atoms with Crippen LogP contribution < -0.4 is 10.6 Å². The lowest BCUT2D eigenvalue weighted by molar-refractivity contribution is 0.567. The first-order valence-electron chi connectivity index (χ1n) is 8.17. The first-order chi connectivity index (χ1) is 9.69. The number of aryl methyl sites for hydroxylation is 2. The number of rotatable bonds is 6. The lowest BCUT2D eigenvalue weighted by Gasteiger charge is -2.27. The molecule has 3 rings (SSSR count). The Morgan fingerprint density at radius 2 is 2.15 bits per heavy atom. The molecule has 0 unspecified atom stereocenters.